The lowest BCUT2D eigenvalue weighted by Crippen LogP contribution is -2.21. The molecule has 1 N–H and O–H groups in total. The van der Waals surface area contributed by atoms with Crippen molar-refractivity contribution in [2.24, 2.45) is 4.99 Å². The fourth-order valence-electron chi connectivity index (χ4n) is 2.61. The summed E-state index contributed by atoms with van der Waals surface area (Å²) in [5, 5.41) is 3.49. The third-order valence-corrected chi connectivity index (χ3v) is 5.84. The van der Waals surface area contributed by atoms with Gasteiger partial charge in [0.25, 0.3) is 0 Å². The number of hydrogen-bond acceptors (Lipinski definition) is 4. The standard InChI is InChI=1S/C17H13ClN2O3S/c1-24-15(10-6-7-13-14(8-10)23-9-22-13)16(21)20-17(24)19-12-5-3-2-4-11(12)18/h2-8,15H,1,9H2,(H,19,20,21). The highest BCUT2D eigenvalue weighted by molar-refractivity contribution is 8.28. The quantitative estimate of drug-likeness (QED) is 0.832. The van der Waals surface area contributed by atoms with Crippen LogP contribution in [-0.2, 0) is 4.79 Å². The van der Waals surface area contributed by atoms with Crippen molar-refractivity contribution < 1.29 is 14.3 Å². The fraction of sp³-hybridized carbons (Fsp3) is 0.118. The number of para-hydroxylation sites is 1. The van der Waals surface area contributed by atoms with Gasteiger partial charge in [0.2, 0.25) is 12.7 Å². The first-order chi connectivity index (χ1) is 11.6. The predicted octanol–water partition coefficient (Wildman–Crippen LogP) is 3.63. The highest BCUT2D eigenvalue weighted by Crippen LogP contribution is 2.43. The number of nitrogens with one attached hydrogen (secondary N) is 1. The molecule has 2 aliphatic rings. The van der Waals surface area contributed by atoms with Crippen molar-refractivity contribution in [1.82, 2.24) is 5.32 Å². The van der Waals surface area contributed by atoms with Gasteiger partial charge in [0.15, 0.2) is 16.7 Å². The second-order valence-corrected chi connectivity index (χ2v) is 7.40. The molecule has 5 nitrogen and oxygen atoms in total. The third kappa shape index (κ3) is 2.57. The largest absolute Gasteiger partial charge is 0.454 e. The van der Waals surface area contributed by atoms with E-state index in [-0.39, 0.29) is 12.7 Å². The summed E-state index contributed by atoms with van der Waals surface area (Å²) < 4.78 is 10.7. The van der Waals surface area contributed by atoms with Crippen molar-refractivity contribution in [2.45, 2.75) is 5.25 Å². The summed E-state index contributed by atoms with van der Waals surface area (Å²) in [6.07, 6.45) is 0. The smallest absolute Gasteiger partial charge is 0.243 e. The molecular formula is C17H13ClN2O3S. The molecule has 2 aliphatic heterocycles. The Hall–Kier alpha value is -2.31. The van der Waals surface area contributed by atoms with E-state index >= 15 is 0 Å². The van der Waals surface area contributed by atoms with Crippen LogP contribution in [0.1, 0.15) is 10.8 Å². The molecule has 2 aromatic carbocycles. The van der Waals surface area contributed by atoms with Crippen LogP contribution < -0.4 is 14.8 Å². The maximum atomic E-state index is 12.4. The van der Waals surface area contributed by atoms with Crippen molar-refractivity contribution in [2.75, 3.05) is 6.79 Å². The van der Waals surface area contributed by atoms with Crippen LogP contribution in [-0.4, -0.2) is 23.7 Å². The highest BCUT2D eigenvalue weighted by atomic mass is 35.5. The number of ether oxygens (including phenoxy) is 2. The summed E-state index contributed by atoms with van der Waals surface area (Å²) in [4.78, 5) is 16.9. The number of carbonyl (C=O) groups is 1. The Morgan fingerprint density at radius 3 is 2.83 bits per heavy atom. The molecule has 2 heterocycles. The summed E-state index contributed by atoms with van der Waals surface area (Å²) in [6, 6.07) is 12.7. The topological polar surface area (TPSA) is 59.9 Å². The van der Waals surface area contributed by atoms with Crippen molar-refractivity contribution >= 4 is 44.7 Å². The minimum absolute atomic E-state index is 0.127. The maximum Gasteiger partial charge on any atom is 0.243 e. The lowest BCUT2D eigenvalue weighted by Gasteiger charge is -2.10. The molecule has 24 heavy (non-hydrogen) atoms. The Morgan fingerprint density at radius 2 is 2.00 bits per heavy atom. The fourth-order valence-corrected chi connectivity index (χ4v) is 4.25. The Labute approximate surface area is 146 Å². The van der Waals surface area contributed by atoms with Crippen LogP contribution in [0, 0.1) is 0 Å². The molecule has 1 saturated heterocycles. The number of amides is 1. The van der Waals surface area contributed by atoms with Gasteiger partial charge in [0.05, 0.1) is 10.7 Å². The molecule has 0 spiro atoms. The second kappa shape index (κ2) is 5.96. The zero-order valence-electron chi connectivity index (χ0n) is 12.5. The van der Waals surface area contributed by atoms with Crippen molar-refractivity contribution in [3.05, 3.63) is 53.1 Å². The van der Waals surface area contributed by atoms with Crippen LogP contribution in [0.25, 0.3) is 0 Å². The molecule has 0 radical (unpaired) electrons. The number of hydrogen-bond donors (Lipinski definition) is 1. The predicted molar refractivity (Wildman–Crippen MR) is 96.7 cm³/mol. The van der Waals surface area contributed by atoms with Gasteiger partial charge < -0.3 is 14.8 Å². The molecular weight excluding hydrogens is 348 g/mol. The van der Waals surface area contributed by atoms with E-state index in [9.17, 15) is 4.79 Å². The minimum atomic E-state index is -0.650. The molecule has 2 atom stereocenters. The van der Waals surface area contributed by atoms with Gasteiger partial charge in [0, 0.05) is 0 Å². The van der Waals surface area contributed by atoms with Crippen LogP contribution in [0.5, 0.6) is 11.5 Å². The van der Waals surface area contributed by atoms with E-state index in [1.165, 1.54) is 0 Å². The van der Waals surface area contributed by atoms with Crippen LogP contribution in [0.2, 0.25) is 5.02 Å². The van der Waals surface area contributed by atoms with Gasteiger partial charge >= 0.3 is 0 Å². The third-order valence-electron chi connectivity index (χ3n) is 3.77. The Kier molecular flexibility index (Phi) is 3.78. The molecule has 0 bridgehead atoms. The number of benzene rings is 2. The Balaban J connectivity index is 1.68. The zero-order chi connectivity index (χ0) is 16.7. The van der Waals surface area contributed by atoms with Crippen LogP contribution in [0.15, 0.2) is 47.5 Å². The summed E-state index contributed by atoms with van der Waals surface area (Å²) in [5.74, 6) is 5.35. The molecule has 0 aliphatic carbocycles. The first-order valence-corrected chi connectivity index (χ1v) is 9.03. The number of carbonyl (C=O) groups excluding carboxylic acids is 1. The van der Waals surface area contributed by atoms with Gasteiger partial charge in [-0.2, -0.15) is 0 Å². The Morgan fingerprint density at radius 1 is 1.21 bits per heavy atom. The van der Waals surface area contributed by atoms with Gasteiger partial charge in [-0.05, 0) is 29.8 Å². The molecule has 1 fully saturated rings. The van der Waals surface area contributed by atoms with Crippen LogP contribution in [0.4, 0.5) is 5.69 Å². The van der Waals surface area contributed by atoms with Crippen molar-refractivity contribution in [3.8, 4) is 11.5 Å². The normalized spacial score (nSPS) is 23.5. The van der Waals surface area contributed by atoms with E-state index in [4.69, 9.17) is 21.1 Å². The first kappa shape index (κ1) is 15.2. The summed E-state index contributed by atoms with van der Waals surface area (Å²) in [6.45, 7) is 0.199. The van der Waals surface area contributed by atoms with Gasteiger partial charge in [-0.25, -0.2) is 4.99 Å². The number of nitrogens with zero attached hydrogens (tertiary/aromatic N) is 1. The molecule has 2 aromatic rings. The molecule has 0 aromatic heterocycles. The Bertz CT molecular complexity index is 897. The number of fused-ring (bicyclic) bond motifs is 1. The highest BCUT2D eigenvalue weighted by Gasteiger charge is 2.34. The summed E-state index contributed by atoms with van der Waals surface area (Å²) in [7, 11) is -0.650. The molecule has 1 amide bonds. The van der Waals surface area contributed by atoms with Crippen molar-refractivity contribution in [3.63, 3.8) is 0 Å². The average molecular weight is 361 g/mol. The number of amidine groups is 1. The molecule has 0 saturated carbocycles. The zero-order valence-corrected chi connectivity index (χ0v) is 14.1. The summed E-state index contributed by atoms with van der Waals surface area (Å²) >= 11 is 6.14. The minimum Gasteiger partial charge on any atom is -0.454 e. The summed E-state index contributed by atoms with van der Waals surface area (Å²) in [5.41, 5.74) is 1.45. The van der Waals surface area contributed by atoms with E-state index in [0.717, 1.165) is 5.56 Å². The van der Waals surface area contributed by atoms with E-state index in [1.807, 2.05) is 30.3 Å². The van der Waals surface area contributed by atoms with E-state index < -0.39 is 15.7 Å². The van der Waals surface area contributed by atoms with E-state index in [0.29, 0.717) is 27.4 Å². The lowest BCUT2D eigenvalue weighted by atomic mass is 10.1. The van der Waals surface area contributed by atoms with Crippen LogP contribution in [0.3, 0.4) is 0 Å². The SMILES string of the molecule is C=S1C(=Nc2ccccc2Cl)NC(=O)C1c1ccc2c(c1)OCO2. The molecule has 7 heteroatoms. The van der Waals surface area contributed by atoms with Crippen LogP contribution >= 0.6 is 22.1 Å². The second-order valence-electron chi connectivity index (χ2n) is 5.28. The van der Waals surface area contributed by atoms with Gasteiger partial charge in [-0.3, -0.25) is 4.79 Å². The van der Waals surface area contributed by atoms with E-state index in [1.54, 1.807) is 12.1 Å². The maximum absolute atomic E-state index is 12.4. The molecule has 2 unspecified atom stereocenters. The lowest BCUT2D eigenvalue weighted by molar-refractivity contribution is -0.118. The van der Waals surface area contributed by atoms with Gasteiger partial charge in [-0.1, -0.05) is 35.7 Å². The van der Waals surface area contributed by atoms with Crippen molar-refractivity contribution in [1.29, 1.82) is 0 Å². The monoisotopic (exact) mass is 360 g/mol. The number of halogens is 1. The number of aliphatic imine (C=N–C) groups is 1. The molecule has 4 rings (SSSR count). The van der Waals surface area contributed by atoms with Gasteiger partial charge in [-0.15, -0.1) is 10.5 Å². The average Bonchev–Trinajstić information content (AvgIpc) is 3.14. The number of rotatable bonds is 2. The first-order valence-electron chi connectivity index (χ1n) is 7.20. The van der Waals surface area contributed by atoms with E-state index in [2.05, 4.69) is 16.2 Å². The molecule has 122 valence electrons. The van der Waals surface area contributed by atoms with Gasteiger partial charge in [0.1, 0.15) is 5.25 Å².